The molecule has 0 saturated carbocycles. The fourth-order valence-electron chi connectivity index (χ4n) is 0.427. The third kappa shape index (κ3) is 12.9. The van der Waals surface area contributed by atoms with Crippen molar-refractivity contribution in [3.05, 3.63) is 0 Å². The molecule has 0 aromatic rings. The van der Waals surface area contributed by atoms with E-state index >= 15 is 0 Å². The van der Waals surface area contributed by atoms with Crippen LogP contribution in [0.5, 0.6) is 0 Å². The Kier molecular flexibility index (Phi) is 10.4. The van der Waals surface area contributed by atoms with Gasteiger partial charge in [-0.05, 0) is 11.4 Å². The van der Waals surface area contributed by atoms with Gasteiger partial charge in [0.1, 0.15) is 0 Å². The fraction of sp³-hybridized carbons (Fsp3) is 0.750. The van der Waals surface area contributed by atoms with E-state index in [1.165, 1.54) is 0 Å². The Labute approximate surface area is 102 Å². The molecule has 0 aliphatic carbocycles. The van der Waals surface area contributed by atoms with Crippen molar-refractivity contribution < 1.29 is 19.1 Å². The van der Waals surface area contributed by atoms with Crippen LogP contribution in [0.3, 0.4) is 0 Å². The topological polar surface area (TPSA) is 113 Å². The predicted molar refractivity (Wildman–Crippen MR) is 53.7 cm³/mol. The molecule has 0 aliphatic heterocycles. The van der Waals surface area contributed by atoms with Gasteiger partial charge >= 0.3 is 36.4 Å². The van der Waals surface area contributed by atoms with Gasteiger partial charge in [-0.1, -0.05) is 0 Å². The molecule has 9 heteroatoms. The zero-order valence-electron chi connectivity index (χ0n) is 6.27. The molecule has 5 N–H and O–H groups in total. The Morgan fingerprint density at radius 1 is 1.54 bits per heavy atom. The van der Waals surface area contributed by atoms with Crippen LogP contribution in [-0.4, -0.2) is 64.1 Å². The average molecular weight is 238 g/mol. The van der Waals surface area contributed by atoms with Gasteiger partial charge in [0.05, 0.1) is 6.54 Å². The molecule has 0 atom stereocenters. The van der Waals surface area contributed by atoms with E-state index in [4.69, 9.17) is 15.5 Å². The first-order valence-electron chi connectivity index (χ1n) is 3.12. The van der Waals surface area contributed by atoms with Gasteiger partial charge in [0.2, 0.25) is 5.91 Å². The number of nitrogens with two attached hydrogens (primary N) is 1. The number of carbonyl (C=O) groups is 1. The number of hydrogen-bond donors (Lipinski definition) is 4. The number of nitrogens with one attached hydrogen (secondary N) is 1. The van der Waals surface area contributed by atoms with Gasteiger partial charge in [0.25, 0.3) is 0 Å². The van der Waals surface area contributed by atoms with E-state index in [2.05, 4.69) is 5.32 Å². The minimum atomic E-state index is -4.00. The summed E-state index contributed by atoms with van der Waals surface area (Å²) in [6.07, 6.45) is 0. The van der Waals surface area contributed by atoms with Crippen molar-refractivity contribution in [1.82, 2.24) is 5.32 Å². The second kappa shape index (κ2) is 8.26. The van der Waals surface area contributed by atoms with E-state index in [1.807, 2.05) is 0 Å². The first-order chi connectivity index (χ1) is 5.45. The summed E-state index contributed by atoms with van der Waals surface area (Å²) in [5, 5.41) is 2.38. The second-order valence-electron chi connectivity index (χ2n) is 1.88. The Bertz CT molecular complexity index is 199. The van der Waals surface area contributed by atoms with Gasteiger partial charge < -0.3 is 20.8 Å². The molecule has 0 fully saturated rings. The molecular weight excluding hydrogens is 226 g/mol. The first kappa shape index (κ1) is 16.4. The standard InChI is InChI=1S/C4H11N2O4PS.Na.H/c5-3-4(7)6-1-2-12-11(8,9)10;;/h1-3,5H2,(H,6,7)(H2,8,9,10);;. The molecular formula is C4H12N2NaO4PS. The zero-order chi connectivity index (χ0) is 9.61. The average Bonchev–Trinajstić information content (AvgIpc) is 1.96. The normalized spacial score (nSPS) is 10.4. The molecule has 74 valence electrons. The Morgan fingerprint density at radius 2 is 2.08 bits per heavy atom. The van der Waals surface area contributed by atoms with Crippen molar-refractivity contribution in [2.45, 2.75) is 0 Å². The molecule has 0 saturated heterocycles. The Morgan fingerprint density at radius 3 is 2.46 bits per heavy atom. The minimum absolute atomic E-state index is 0. The number of amides is 1. The molecule has 0 unspecified atom stereocenters. The van der Waals surface area contributed by atoms with Gasteiger partial charge in [0.15, 0.2) is 0 Å². The summed E-state index contributed by atoms with van der Waals surface area (Å²) in [6, 6.07) is 0. The monoisotopic (exact) mass is 238 g/mol. The van der Waals surface area contributed by atoms with E-state index in [-0.39, 0.29) is 54.3 Å². The second-order valence-corrected chi connectivity index (χ2v) is 5.73. The van der Waals surface area contributed by atoms with Crippen molar-refractivity contribution in [3.8, 4) is 0 Å². The van der Waals surface area contributed by atoms with Crippen molar-refractivity contribution in [1.29, 1.82) is 0 Å². The summed E-state index contributed by atoms with van der Waals surface area (Å²) >= 11 is 0.497. The molecule has 0 spiro atoms. The van der Waals surface area contributed by atoms with E-state index in [9.17, 15) is 9.36 Å². The van der Waals surface area contributed by atoms with Crippen LogP contribution in [0.4, 0.5) is 0 Å². The van der Waals surface area contributed by atoms with Gasteiger partial charge in [-0.3, -0.25) is 4.79 Å². The molecule has 0 aromatic heterocycles. The molecule has 0 heterocycles. The van der Waals surface area contributed by atoms with Crippen LogP contribution in [-0.2, 0) is 9.36 Å². The fourth-order valence-corrected chi connectivity index (χ4v) is 1.85. The van der Waals surface area contributed by atoms with Crippen LogP contribution in [0.15, 0.2) is 0 Å². The predicted octanol–water partition coefficient (Wildman–Crippen LogP) is -1.76. The summed E-state index contributed by atoms with van der Waals surface area (Å²) in [5.41, 5.74) is 4.97. The van der Waals surface area contributed by atoms with E-state index < -0.39 is 6.80 Å². The molecule has 13 heavy (non-hydrogen) atoms. The molecule has 0 aliphatic rings. The Hall–Kier alpha value is 0.930. The maximum absolute atomic E-state index is 10.5. The zero-order valence-corrected chi connectivity index (χ0v) is 7.98. The third-order valence-corrected chi connectivity index (χ3v) is 3.15. The third-order valence-electron chi connectivity index (χ3n) is 0.869. The van der Waals surface area contributed by atoms with Crippen LogP contribution < -0.4 is 11.1 Å². The first-order valence-corrected chi connectivity index (χ1v) is 6.33. The number of rotatable bonds is 5. The number of carbonyl (C=O) groups excluding carboxylic acids is 1. The maximum atomic E-state index is 10.5. The van der Waals surface area contributed by atoms with Crippen LogP contribution in [0.2, 0.25) is 0 Å². The van der Waals surface area contributed by atoms with Crippen molar-refractivity contribution >= 4 is 53.6 Å². The van der Waals surface area contributed by atoms with Gasteiger partial charge in [-0.25, -0.2) is 4.57 Å². The molecule has 0 radical (unpaired) electrons. The number of hydrogen-bond acceptors (Lipinski definition) is 4. The van der Waals surface area contributed by atoms with Gasteiger partial charge in [-0.15, -0.1) is 0 Å². The van der Waals surface area contributed by atoms with E-state index in [1.54, 1.807) is 0 Å². The summed E-state index contributed by atoms with van der Waals surface area (Å²) in [5.74, 6) is -0.156. The van der Waals surface area contributed by atoms with Crippen LogP contribution in [0, 0.1) is 0 Å². The summed E-state index contributed by atoms with van der Waals surface area (Å²) in [7, 11) is 0. The molecule has 1 amide bonds. The van der Waals surface area contributed by atoms with Crippen molar-refractivity contribution in [3.63, 3.8) is 0 Å². The van der Waals surface area contributed by atoms with Gasteiger partial charge in [-0.2, -0.15) is 0 Å². The molecule has 0 bridgehead atoms. The Balaban J connectivity index is 0. The summed E-state index contributed by atoms with van der Waals surface area (Å²) < 4.78 is 10.3. The van der Waals surface area contributed by atoms with Crippen LogP contribution in [0.1, 0.15) is 0 Å². The summed E-state index contributed by atoms with van der Waals surface area (Å²) in [6.45, 7) is -3.90. The van der Waals surface area contributed by atoms with E-state index in [0.717, 1.165) is 0 Å². The van der Waals surface area contributed by atoms with Crippen molar-refractivity contribution in [2.75, 3.05) is 18.8 Å². The molecule has 6 nitrogen and oxygen atoms in total. The SMILES string of the molecule is NCC(=O)NCCSP(=O)(O)O.[NaH]. The molecule has 0 aromatic carbocycles. The van der Waals surface area contributed by atoms with Crippen molar-refractivity contribution in [2.24, 2.45) is 5.73 Å². The van der Waals surface area contributed by atoms with E-state index in [0.29, 0.717) is 11.4 Å². The van der Waals surface area contributed by atoms with Crippen LogP contribution >= 0.6 is 18.2 Å². The molecule has 0 rings (SSSR count). The quantitative estimate of drug-likeness (QED) is 0.256. The van der Waals surface area contributed by atoms with Crippen LogP contribution in [0.25, 0.3) is 0 Å². The summed E-state index contributed by atoms with van der Waals surface area (Å²) in [4.78, 5) is 27.3. The van der Waals surface area contributed by atoms with Gasteiger partial charge in [0, 0.05) is 12.3 Å².